The average molecular weight is 419 g/mol. The highest BCUT2D eigenvalue weighted by Crippen LogP contribution is 2.34. The Hall–Kier alpha value is -2.86. The number of anilines is 2. The third kappa shape index (κ3) is 4.82. The van der Waals surface area contributed by atoms with Crippen molar-refractivity contribution in [2.75, 3.05) is 23.3 Å². The first-order valence-corrected chi connectivity index (χ1v) is 11.1. The van der Waals surface area contributed by atoms with E-state index in [1.807, 2.05) is 36.4 Å². The summed E-state index contributed by atoms with van der Waals surface area (Å²) in [5.41, 5.74) is 3.27. The number of rotatable bonds is 5. The van der Waals surface area contributed by atoms with Crippen LogP contribution in [0.5, 0.6) is 0 Å². The number of carbonyl (C=O) groups is 1. The number of nitrogens with zero attached hydrogens (tertiary/aromatic N) is 3. The van der Waals surface area contributed by atoms with E-state index >= 15 is 0 Å². The first kappa shape index (κ1) is 20.4. The summed E-state index contributed by atoms with van der Waals surface area (Å²) in [6.07, 6.45) is 5.29. The van der Waals surface area contributed by atoms with Crippen LogP contribution in [0, 0.1) is 19.8 Å². The average Bonchev–Trinajstić information content (AvgIpc) is 2.77. The molecule has 1 N–H and O–H groups in total. The fourth-order valence-electron chi connectivity index (χ4n) is 3.65. The third-order valence-corrected chi connectivity index (χ3v) is 6.46. The van der Waals surface area contributed by atoms with Gasteiger partial charge in [0.2, 0.25) is 5.91 Å². The lowest BCUT2D eigenvalue weighted by atomic mass is 9.97. The maximum absolute atomic E-state index is 12.9. The van der Waals surface area contributed by atoms with Gasteiger partial charge in [-0.1, -0.05) is 36.0 Å². The smallest absolute Gasteiger partial charge is 0.229 e. The molecule has 0 bridgehead atoms. The van der Waals surface area contributed by atoms with Crippen LogP contribution in [0.4, 0.5) is 11.5 Å². The van der Waals surface area contributed by atoms with Crippen molar-refractivity contribution in [2.45, 2.75) is 36.6 Å². The number of hydrogen-bond donors (Lipinski definition) is 1. The van der Waals surface area contributed by atoms with Crippen molar-refractivity contribution in [3.05, 3.63) is 72.1 Å². The van der Waals surface area contributed by atoms with Crippen molar-refractivity contribution >= 4 is 29.2 Å². The van der Waals surface area contributed by atoms with Gasteiger partial charge in [-0.15, -0.1) is 0 Å². The van der Waals surface area contributed by atoms with E-state index in [1.165, 1.54) is 11.1 Å². The number of hydrogen-bond acceptors (Lipinski definition) is 5. The highest BCUT2D eigenvalue weighted by atomic mass is 32.2. The third-order valence-electron chi connectivity index (χ3n) is 5.47. The standard InChI is InChI=1S/C24H26N4OS/c1-17-10-11-20(15-18(17)2)27-23(29)19-7-6-14-28(16-19)22-24(26-13-12-25-22)30-21-8-4-3-5-9-21/h3-5,8-13,15,19H,6-7,14,16H2,1-2H3,(H,27,29)/t19-/m1/s1. The number of benzene rings is 2. The number of carbonyl (C=O) groups excluding carboxylic acids is 1. The lowest BCUT2D eigenvalue weighted by molar-refractivity contribution is -0.120. The topological polar surface area (TPSA) is 58.1 Å². The molecular weight excluding hydrogens is 392 g/mol. The van der Waals surface area contributed by atoms with E-state index in [4.69, 9.17) is 0 Å². The molecule has 0 saturated carbocycles. The molecule has 1 aromatic heterocycles. The zero-order chi connectivity index (χ0) is 20.9. The lowest BCUT2D eigenvalue weighted by Gasteiger charge is -2.33. The Morgan fingerprint density at radius 3 is 2.67 bits per heavy atom. The minimum absolute atomic E-state index is 0.0723. The van der Waals surface area contributed by atoms with E-state index in [2.05, 4.69) is 46.2 Å². The van der Waals surface area contributed by atoms with Gasteiger partial charge in [-0.2, -0.15) is 0 Å². The normalized spacial score (nSPS) is 16.3. The Kier molecular flexibility index (Phi) is 6.33. The zero-order valence-corrected chi connectivity index (χ0v) is 18.2. The van der Waals surface area contributed by atoms with Crippen LogP contribution < -0.4 is 10.2 Å². The molecule has 6 heteroatoms. The van der Waals surface area contributed by atoms with E-state index in [9.17, 15) is 4.79 Å². The summed E-state index contributed by atoms with van der Waals surface area (Å²) in [5, 5.41) is 3.97. The van der Waals surface area contributed by atoms with Crippen LogP contribution in [-0.2, 0) is 4.79 Å². The molecule has 1 aliphatic heterocycles. The monoisotopic (exact) mass is 418 g/mol. The van der Waals surface area contributed by atoms with E-state index in [0.29, 0.717) is 6.54 Å². The number of aromatic nitrogens is 2. The molecule has 1 aliphatic rings. The fraction of sp³-hybridized carbons (Fsp3) is 0.292. The van der Waals surface area contributed by atoms with Gasteiger partial charge in [-0.05, 0) is 62.1 Å². The first-order valence-electron chi connectivity index (χ1n) is 10.3. The van der Waals surface area contributed by atoms with Gasteiger partial charge in [0.05, 0.1) is 5.92 Å². The van der Waals surface area contributed by atoms with Gasteiger partial charge in [0.1, 0.15) is 5.03 Å². The second-order valence-corrected chi connectivity index (χ2v) is 8.74. The molecule has 1 amide bonds. The maximum Gasteiger partial charge on any atom is 0.229 e. The summed E-state index contributed by atoms with van der Waals surface area (Å²) in [6.45, 7) is 5.67. The largest absolute Gasteiger partial charge is 0.354 e. The van der Waals surface area contributed by atoms with E-state index in [-0.39, 0.29) is 11.8 Å². The highest BCUT2D eigenvalue weighted by Gasteiger charge is 2.28. The summed E-state index contributed by atoms with van der Waals surface area (Å²) in [7, 11) is 0. The van der Waals surface area contributed by atoms with Gasteiger partial charge in [0.15, 0.2) is 5.82 Å². The minimum Gasteiger partial charge on any atom is -0.354 e. The molecule has 0 radical (unpaired) electrons. The Morgan fingerprint density at radius 2 is 1.87 bits per heavy atom. The summed E-state index contributed by atoms with van der Waals surface area (Å²) in [6, 6.07) is 16.2. The quantitative estimate of drug-likeness (QED) is 0.625. The van der Waals surface area contributed by atoms with Crippen molar-refractivity contribution in [2.24, 2.45) is 5.92 Å². The molecule has 0 spiro atoms. The van der Waals surface area contributed by atoms with Crippen LogP contribution in [-0.4, -0.2) is 29.0 Å². The van der Waals surface area contributed by atoms with Crippen LogP contribution >= 0.6 is 11.8 Å². The van der Waals surface area contributed by atoms with Crippen LogP contribution in [0.3, 0.4) is 0 Å². The molecular formula is C24H26N4OS. The van der Waals surface area contributed by atoms with Gasteiger partial charge in [0, 0.05) is 36.1 Å². The van der Waals surface area contributed by atoms with Crippen molar-refractivity contribution in [3.8, 4) is 0 Å². The molecule has 2 aromatic carbocycles. The van der Waals surface area contributed by atoms with Gasteiger partial charge in [-0.3, -0.25) is 4.79 Å². The molecule has 4 rings (SSSR count). The zero-order valence-electron chi connectivity index (χ0n) is 17.3. The Balaban J connectivity index is 1.47. The molecule has 1 fully saturated rings. The number of piperidine rings is 1. The molecule has 5 nitrogen and oxygen atoms in total. The fourth-order valence-corrected chi connectivity index (χ4v) is 4.56. The molecule has 1 saturated heterocycles. The van der Waals surface area contributed by atoms with Gasteiger partial charge in [-0.25, -0.2) is 9.97 Å². The second-order valence-electron chi connectivity index (χ2n) is 7.67. The van der Waals surface area contributed by atoms with Crippen molar-refractivity contribution < 1.29 is 4.79 Å². The summed E-state index contributed by atoms with van der Waals surface area (Å²) in [5.74, 6) is 0.857. The van der Waals surface area contributed by atoms with Crippen molar-refractivity contribution in [3.63, 3.8) is 0 Å². The SMILES string of the molecule is Cc1ccc(NC(=O)[C@@H]2CCCN(c3nccnc3Sc3ccccc3)C2)cc1C. The summed E-state index contributed by atoms with van der Waals surface area (Å²) >= 11 is 1.61. The van der Waals surface area contributed by atoms with E-state index < -0.39 is 0 Å². The summed E-state index contributed by atoms with van der Waals surface area (Å²) < 4.78 is 0. The molecule has 3 aromatic rings. The number of amides is 1. The molecule has 0 aliphatic carbocycles. The Morgan fingerprint density at radius 1 is 1.07 bits per heavy atom. The molecule has 154 valence electrons. The molecule has 30 heavy (non-hydrogen) atoms. The predicted octanol–water partition coefficient (Wildman–Crippen LogP) is 5.10. The van der Waals surface area contributed by atoms with Crippen LogP contribution in [0.15, 0.2) is 70.8 Å². The second kappa shape index (κ2) is 9.30. The van der Waals surface area contributed by atoms with E-state index in [0.717, 1.165) is 40.8 Å². The van der Waals surface area contributed by atoms with E-state index in [1.54, 1.807) is 24.2 Å². The maximum atomic E-state index is 12.9. The molecule has 1 atom stereocenters. The molecule has 0 unspecified atom stereocenters. The van der Waals surface area contributed by atoms with Crippen LogP contribution in [0.2, 0.25) is 0 Å². The summed E-state index contributed by atoms with van der Waals surface area (Å²) in [4.78, 5) is 25.4. The van der Waals surface area contributed by atoms with Crippen molar-refractivity contribution in [1.82, 2.24) is 9.97 Å². The Bertz CT molecular complexity index is 1020. The van der Waals surface area contributed by atoms with Crippen LogP contribution in [0.25, 0.3) is 0 Å². The van der Waals surface area contributed by atoms with Gasteiger partial charge >= 0.3 is 0 Å². The number of aryl methyl sites for hydroxylation is 2. The van der Waals surface area contributed by atoms with Crippen molar-refractivity contribution in [1.29, 1.82) is 0 Å². The highest BCUT2D eigenvalue weighted by molar-refractivity contribution is 7.99. The first-order chi connectivity index (χ1) is 14.6. The van der Waals surface area contributed by atoms with Gasteiger partial charge in [0.25, 0.3) is 0 Å². The lowest BCUT2D eigenvalue weighted by Crippen LogP contribution is -2.41. The predicted molar refractivity (Wildman–Crippen MR) is 122 cm³/mol. The molecule has 2 heterocycles. The van der Waals surface area contributed by atoms with Gasteiger partial charge < -0.3 is 10.2 Å². The number of nitrogens with one attached hydrogen (secondary N) is 1. The minimum atomic E-state index is -0.0723. The Labute approximate surface area is 181 Å². The van der Waals surface area contributed by atoms with Crippen LogP contribution in [0.1, 0.15) is 24.0 Å².